The van der Waals surface area contributed by atoms with E-state index in [9.17, 15) is 0 Å². The van der Waals surface area contributed by atoms with Crippen molar-refractivity contribution in [3.8, 4) is 23.0 Å². The number of hydrogen-bond donors (Lipinski definition) is 2. The number of aromatic nitrogens is 2. The van der Waals surface area contributed by atoms with Gasteiger partial charge in [-0.25, -0.2) is 4.98 Å². The molecular formula is C30H36N4. The topological polar surface area (TPSA) is 55.9 Å². The summed E-state index contributed by atoms with van der Waals surface area (Å²) in [4.78, 5) is 4.90. The fraction of sp³-hybridized carbons (Fsp3) is 0.300. The lowest BCUT2D eigenvalue weighted by atomic mass is 9.98. The van der Waals surface area contributed by atoms with Crippen LogP contribution >= 0.6 is 0 Å². The average Bonchev–Trinajstić information content (AvgIpc) is 3.13. The van der Waals surface area contributed by atoms with Gasteiger partial charge in [-0.3, -0.25) is 11.3 Å². The Hall–Kier alpha value is -3.39. The molecule has 0 atom stereocenters. The molecule has 0 unspecified atom stereocenters. The largest absolute Gasteiger partial charge is 0.327 e. The second-order valence-electron chi connectivity index (χ2n) is 8.35. The van der Waals surface area contributed by atoms with Crippen molar-refractivity contribution in [2.45, 2.75) is 60.0 Å². The molecule has 0 fully saturated rings. The Morgan fingerprint density at radius 3 is 2.56 bits per heavy atom. The van der Waals surface area contributed by atoms with Gasteiger partial charge in [-0.1, -0.05) is 86.5 Å². The molecule has 0 saturated carbocycles. The molecule has 0 radical (unpaired) electrons. The van der Waals surface area contributed by atoms with Gasteiger partial charge >= 0.3 is 0 Å². The van der Waals surface area contributed by atoms with Crippen molar-refractivity contribution >= 4 is 0 Å². The van der Waals surface area contributed by atoms with Crippen LogP contribution in [-0.4, -0.2) is 9.55 Å². The summed E-state index contributed by atoms with van der Waals surface area (Å²) in [6.07, 6.45) is 9.18. The predicted octanol–water partition coefficient (Wildman–Crippen LogP) is 6.09. The van der Waals surface area contributed by atoms with E-state index in [1.807, 2.05) is 19.1 Å². The Kier molecular flexibility index (Phi) is 9.46. The van der Waals surface area contributed by atoms with Crippen LogP contribution in [0, 0.1) is 18.8 Å². The fourth-order valence-electron chi connectivity index (χ4n) is 4.06. The number of nitrogens with zero attached hydrogens (tertiary/aromatic N) is 2. The second kappa shape index (κ2) is 12.7. The quantitative estimate of drug-likeness (QED) is 0.179. The Balaban J connectivity index is 1.89. The van der Waals surface area contributed by atoms with Gasteiger partial charge in [0.2, 0.25) is 0 Å². The van der Waals surface area contributed by atoms with E-state index in [2.05, 4.69) is 97.2 Å². The summed E-state index contributed by atoms with van der Waals surface area (Å²) in [6.45, 7) is 9.89. The zero-order valence-electron chi connectivity index (χ0n) is 20.9. The summed E-state index contributed by atoms with van der Waals surface area (Å²) < 4.78 is 2.31. The van der Waals surface area contributed by atoms with E-state index < -0.39 is 0 Å². The van der Waals surface area contributed by atoms with Crippen LogP contribution in [0.3, 0.4) is 0 Å². The first-order valence-corrected chi connectivity index (χ1v) is 12.1. The predicted molar refractivity (Wildman–Crippen MR) is 143 cm³/mol. The van der Waals surface area contributed by atoms with Gasteiger partial charge in [0.25, 0.3) is 0 Å². The van der Waals surface area contributed by atoms with Gasteiger partial charge in [0.05, 0.1) is 5.69 Å². The lowest BCUT2D eigenvalue weighted by molar-refractivity contribution is 0.689. The van der Waals surface area contributed by atoms with Crippen LogP contribution in [0.5, 0.6) is 0 Å². The van der Waals surface area contributed by atoms with Crippen LogP contribution in [0.15, 0.2) is 72.3 Å². The molecule has 0 saturated heterocycles. The van der Waals surface area contributed by atoms with Gasteiger partial charge in [0, 0.05) is 25.1 Å². The molecule has 1 aromatic heterocycles. The summed E-state index contributed by atoms with van der Waals surface area (Å²) in [5.41, 5.74) is 10.6. The van der Waals surface area contributed by atoms with E-state index in [-0.39, 0.29) is 0 Å². The van der Waals surface area contributed by atoms with E-state index in [0.717, 1.165) is 48.6 Å². The van der Waals surface area contributed by atoms with E-state index in [0.29, 0.717) is 6.54 Å². The molecule has 0 aliphatic carbocycles. The van der Waals surface area contributed by atoms with Gasteiger partial charge < -0.3 is 4.57 Å². The summed E-state index contributed by atoms with van der Waals surface area (Å²) in [5.74, 6) is 13.3. The van der Waals surface area contributed by atoms with E-state index >= 15 is 0 Å². The molecular weight excluding hydrogens is 416 g/mol. The van der Waals surface area contributed by atoms with Crippen LogP contribution in [0.4, 0.5) is 0 Å². The Morgan fingerprint density at radius 1 is 1.12 bits per heavy atom. The van der Waals surface area contributed by atoms with Crippen LogP contribution in [0.25, 0.3) is 11.1 Å². The smallest absolute Gasteiger partial charge is 0.134 e. The number of imidazole rings is 1. The van der Waals surface area contributed by atoms with Crippen LogP contribution in [-0.2, 0) is 19.5 Å². The molecule has 176 valence electrons. The summed E-state index contributed by atoms with van der Waals surface area (Å²) in [6, 6.07) is 17.1. The lowest BCUT2D eigenvalue weighted by Gasteiger charge is -2.12. The number of aryl methyl sites for hydroxylation is 1. The minimum Gasteiger partial charge on any atom is -0.327 e. The van der Waals surface area contributed by atoms with Gasteiger partial charge in [0.15, 0.2) is 0 Å². The highest BCUT2D eigenvalue weighted by Gasteiger charge is 2.13. The van der Waals surface area contributed by atoms with Crippen molar-refractivity contribution in [2.75, 3.05) is 0 Å². The first-order valence-electron chi connectivity index (χ1n) is 12.1. The van der Waals surface area contributed by atoms with Gasteiger partial charge in [-0.15, -0.1) is 0 Å². The molecule has 2 aromatic carbocycles. The molecule has 0 bridgehead atoms. The molecule has 3 rings (SSSR count). The molecule has 0 amide bonds. The SMILES string of the molecule is C/C=C\C(C#Cc1nc(CCC)n(Cc2ccc(-c3ccccc3CNN)cc2)c1C)=C/CC. The molecule has 1 heterocycles. The van der Waals surface area contributed by atoms with Gasteiger partial charge in [-0.2, -0.15) is 0 Å². The van der Waals surface area contributed by atoms with E-state index in [1.165, 1.54) is 22.3 Å². The average molecular weight is 453 g/mol. The van der Waals surface area contributed by atoms with Crippen molar-refractivity contribution in [3.05, 3.63) is 101 Å². The Bertz CT molecular complexity index is 1200. The van der Waals surface area contributed by atoms with Gasteiger partial charge in [-0.05, 0) is 54.9 Å². The summed E-state index contributed by atoms with van der Waals surface area (Å²) >= 11 is 0. The number of nitrogens with one attached hydrogen (secondary N) is 1. The maximum absolute atomic E-state index is 5.57. The highest BCUT2D eigenvalue weighted by Crippen LogP contribution is 2.25. The van der Waals surface area contributed by atoms with Crippen molar-refractivity contribution in [1.82, 2.24) is 15.0 Å². The van der Waals surface area contributed by atoms with Crippen LogP contribution < -0.4 is 11.3 Å². The van der Waals surface area contributed by atoms with E-state index in [4.69, 9.17) is 10.8 Å². The maximum atomic E-state index is 5.57. The number of hydrazine groups is 1. The molecule has 3 aromatic rings. The molecule has 0 aliphatic heterocycles. The number of rotatable bonds is 9. The van der Waals surface area contributed by atoms with Crippen molar-refractivity contribution in [1.29, 1.82) is 0 Å². The monoisotopic (exact) mass is 452 g/mol. The van der Waals surface area contributed by atoms with Gasteiger partial charge in [0.1, 0.15) is 11.5 Å². The third-order valence-electron chi connectivity index (χ3n) is 5.78. The Morgan fingerprint density at radius 2 is 1.88 bits per heavy atom. The standard InChI is InChI=1S/C30H36N4/c1-5-10-24(11-6-2)17-20-29-23(4)34(30(33-29)12-7-3)22-25-15-18-26(19-16-25)28-14-9-8-13-27(28)21-32-31/h5,8-11,13-16,18-19,32H,6-7,12,21-22,31H2,1-4H3/b10-5-,24-11+. The first kappa shape index (κ1) is 25.2. The molecule has 4 heteroatoms. The molecule has 3 N–H and O–H groups in total. The number of hydrogen-bond acceptors (Lipinski definition) is 3. The van der Waals surface area contributed by atoms with Crippen molar-refractivity contribution in [3.63, 3.8) is 0 Å². The summed E-state index contributed by atoms with van der Waals surface area (Å²) in [7, 11) is 0. The highest BCUT2D eigenvalue weighted by molar-refractivity contribution is 5.67. The zero-order chi connectivity index (χ0) is 24.3. The lowest BCUT2D eigenvalue weighted by Crippen LogP contribution is -2.21. The number of allylic oxidation sites excluding steroid dienone is 4. The minimum atomic E-state index is 0.638. The zero-order valence-corrected chi connectivity index (χ0v) is 20.9. The normalized spacial score (nSPS) is 11.6. The van der Waals surface area contributed by atoms with Crippen molar-refractivity contribution in [2.24, 2.45) is 5.84 Å². The first-order chi connectivity index (χ1) is 16.6. The molecule has 4 nitrogen and oxygen atoms in total. The highest BCUT2D eigenvalue weighted by atomic mass is 15.2. The van der Waals surface area contributed by atoms with Crippen LogP contribution in [0.2, 0.25) is 0 Å². The number of nitrogens with two attached hydrogens (primary N) is 1. The molecule has 34 heavy (non-hydrogen) atoms. The second-order valence-corrected chi connectivity index (χ2v) is 8.35. The van der Waals surface area contributed by atoms with Crippen LogP contribution in [0.1, 0.15) is 62.0 Å². The van der Waals surface area contributed by atoms with E-state index in [1.54, 1.807) is 0 Å². The number of benzene rings is 2. The minimum absolute atomic E-state index is 0.638. The van der Waals surface area contributed by atoms with Crippen molar-refractivity contribution < 1.29 is 0 Å². The summed E-state index contributed by atoms with van der Waals surface area (Å²) in [5, 5.41) is 0. The fourth-order valence-corrected chi connectivity index (χ4v) is 4.06. The maximum Gasteiger partial charge on any atom is 0.134 e. The molecule has 0 aliphatic rings. The molecule has 0 spiro atoms. The third-order valence-corrected chi connectivity index (χ3v) is 5.78. The Labute approximate surface area is 204 Å². The third kappa shape index (κ3) is 6.35.